The van der Waals surface area contributed by atoms with Crippen molar-refractivity contribution in [3.05, 3.63) is 88.0 Å². The van der Waals surface area contributed by atoms with Gasteiger partial charge in [-0.1, -0.05) is 59.2 Å². The maximum atomic E-state index is 12.8. The van der Waals surface area contributed by atoms with Crippen LogP contribution in [0.25, 0.3) is 32.7 Å². The number of aryl methyl sites for hydroxylation is 1. The molecular formula is C30H24ClN3O5S. The monoisotopic (exact) mass is 573 g/mol. The number of pyridine rings is 1. The molecule has 1 aliphatic rings. The Hall–Kier alpha value is -4.21. The van der Waals surface area contributed by atoms with Gasteiger partial charge in [0.15, 0.2) is 5.76 Å². The molecule has 1 atom stereocenters. The van der Waals surface area contributed by atoms with Gasteiger partial charge in [-0.3, -0.25) is 15.1 Å². The van der Waals surface area contributed by atoms with E-state index >= 15 is 0 Å². The molecule has 0 spiro atoms. The molecule has 1 saturated carbocycles. The van der Waals surface area contributed by atoms with Crippen LogP contribution in [0.15, 0.2) is 70.7 Å². The number of carbonyl (C=O) groups is 2. The Labute approximate surface area is 238 Å². The maximum absolute atomic E-state index is 12.8. The lowest BCUT2D eigenvalue weighted by atomic mass is 9.94. The number of halogens is 1. The number of carboxylic acids is 1. The highest BCUT2D eigenvalue weighted by atomic mass is 35.5. The van der Waals surface area contributed by atoms with E-state index in [4.69, 9.17) is 25.8 Å². The summed E-state index contributed by atoms with van der Waals surface area (Å²) >= 11 is 7.78. The first kappa shape index (κ1) is 26.0. The van der Waals surface area contributed by atoms with Gasteiger partial charge < -0.3 is 14.4 Å². The zero-order chi connectivity index (χ0) is 28.0. The van der Waals surface area contributed by atoms with Gasteiger partial charge in [-0.25, -0.2) is 4.79 Å². The Balaban J connectivity index is 1.28. The van der Waals surface area contributed by atoms with Crippen LogP contribution in [0.3, 0.4) is 0 Å². The number of amides is 1. The Kier molecular flexibility index (Phi) is 6.56. The summed E-state index contributed by atoms with van der Waals surface area (Å²) in [5.41, 5.74) is 3.98. The van der Waals surface area contributed by atoms with Gasteiger partial charge >= 0.3 is 12.1 Å². The van der Waals surface area contributed by atoms with E-state index in [0.717, 1.165) is 26.9 Å². The van der Waals surface area contributed by atoms with Gasteiger partial charge in [0.25, 0.3) is 0 Å². The first-order valence-electron chi connectivity index (χ1n) is 12.7. The molecule has 1 unspecified atom stereocenters. The van der Waals surface area contributed by atoms with Crippen LogP contribution in [0.4, 0.5) is 10.5 Å². The fourth-order valence-corrected chi connectivity index (χ4v) is 6.11. The van der Waals surface area contributed by atoms with Crippen LogP contribution >= 0.6 is 22.9 Å². The number of aliphatic carboxylic acids is 1. The molecule has 0 saturated heterocycles. The fraction of sp³-hybridized carbons (Fsp3) is 0.200. The van der Waals surface area contributed by atoms with Crippen molar-refractivity contribution in [3.63, 3.8) is 0 Å². The number of fused-ring (bicyclic) bond motifs is 1. The number of ether oxygens (including phenoxy) is 1. The SMILES string of the molecule is Cc1noc(-c2cnc(-c3ccc(C4(C(=O)O)CC4)cc3)c3ccsc23)c1NC(=O)OC(C)c1ccccc1Cl. The van der Waals surface area contributed by atoms with Gasteiger partial charge in [0.05, 0.1) is 16.7 Å². The molecule has 8 nitrogen and oxygen atoms in total. The van der Waals surface area contributed by atoms with E-state index in [9.17, 15) is 14.7 Å². The van der Waals surface area contributed by atoms with Gasteiger partial charge in [-0.15, -0.1) is 11.3 Å². The molecule has 5 aromatic rings. The first-order valence-corrected chi connectivity index (χ1v) is 13.9. The Morgan fingerprint density at radius 2 is 1.90 bits per heavy atom. The van der Waals surface area contributed by atoms with Crippen LogP contribution < -0.4 is 5.32 Å². The van der Waals surface area contributed by atoms with Gasteiger partial charge in [-0.2, -0.15) is 0 Å². The van der Waals surface area contributed by atoms with E-state index in [-0.39, 0.29) is 0 Å². The lowest BCUT2D eigenvalue weighted by Gasteiger charge is -2.15. The van der Waals surface area contributed by atoms with E-state index in [2.05, 4.69) is 10.5 Å². The number of carbonyl (C=O) groups excluding carboxylic acids is 1. The second kappa shape index (κ2) is 10.1. The van der Waals surface area contributed by atoms with Crippen molar-refractivity contribution in [1.82, 2.24) is 10.1 Å². The van der Waals surface area contributed by atoms with Gasteiger partial charge in [0, 0.05) is 32.4 Å². The third-order valence-electron chi connectivity index (χ3n) is 7.32. The summed E-state index contributed by atoms with van der Waals surface area (Å²) in [4.78, 5) is 29.3. The summed E-state index contributed by atoms with van der Waals surface area (Å²) in [6.45, 7) is 3.48. The highest BCUT2D eigenvalue weighted by molar-refractivity contribution is 7.17. The van der Waals surface area contributed by atoms with Crippen LogP contribution in [-0.4, -0.2) is 27.3 Å². The predicted octanol–water partition coefficient (Wildman–Crippen LogP) is 8.01. The standard InChI is InChI=1S/C30H24ClN3O5S/c1-16-24(33-29(37)38-17(2)20-5-3-4-6-23(20)31)26(39-34-16)22-15-32-25(21-11-14-40-27(21)22)18-7-9-19(10-8-18)30(12-13-30)28(35)36/h3-11,14-15,17H,12-13H2,1-2H3,(H,33,37)(H,35,36). The second-order valence-electron chi connectivity index (χ2n) is 9.81. The molecule has 1 fully saturated rings. The number of hydrogen-bond acceptors (Lipinski definition) is 7. The zero-order valence-corrected chi connectivity index (χ0v) is 23.2. The van der Waals surface area contributed by atoms with E-state index in [1.54, 1.807) is 32.2 Å². The van der Waals surface area contributed by atoms with Crippen LogP contribution in [0.5, 0.6) is 0 Å². The number of benzene rings is 2. The van der Waals surface area contributed by atoms with Crippen molar-refractivity contribution in [1.29, 1.82) is 0 Å². The average Bonchev–Trinajstić information content (AvgIpc) is 3.49. The molecule has 6 rings (SSSR count). The Morgan fingerprint density at radius 3 is 2.60 bits per heavy atom. The number of nitrogens with one attached hydrogen (secondary N) is 1. The minimum absolute atomic E-state index is 0.374. The van der Waals surface area contributed by atoms with Gasteiger partial charge in [-0.05, 0) is 49.8 Å². The van der Waals surface area contributed by atoms with Crippen LogP contribution in [-0.2, 0) is 14.9 Å². The molecule has 3 heterocycles. The fourth-order valence-electron chi connectivity index (χ4n) is 4.91. The minimum atomic E-state index is -0.781. The highest BCUT2D eigenvalue weighted by Gasteiger charge is 2.51. The quantitative estimate of drug-likeness (QED) is 0.203. The molecule has 3 aromatic heterocycles. The molecule has 202 valence electrons. The van der Waals surface area contributed by atoms with Gasteiger partial charge in [0.1, 0.15) is 17.5 Å². The number of aromatic nitrogens is 2. The summed E-state index contributed by atoms with van der Waals surface area (Å²) in [5.74, 6) is -0.407. The van der Waals surface area contributed by atoms with E-state index < -0.39 is 23.6 Å². The molecule has 2 aromatic carbocycles. The van der Waals surface area contributed by atoms with Crippen molar-refractivity contribution in [2.24, 2.45) is 0 Å². The number of thiophene rings is 1. The van der Waals surface area contributed by atoms with Crippen LogP contribution in [0, 0.1) is 6.92 Å². The largest absolute Gasteiger partial charge is 0.481 e. The van der Waals surface area contributed by atoms with E-state index in [0.29, 0.717) is 46.1 Å². The van der Waals surface area contributed by atoms with E-state index in [1.165, 1.54) is 11.3 Å². The summed E-state index contributed by atoms with van der Waals surface area (Å²) in [5, 5.41) is 19.9. The molecule has 1 aliphatic carbocycles. The summed E-state index contributed by atoms with van der Waals surface area (Å²) in [6, 6.07) is 16.8. The normalized spacial score (nSPS) is 14.6. The van der Waals surface area contributed by atoms with E-state index in [1.807, 2.05) is 47.8 Å². The summed E-state index contributed by atoms with van der Waals surface area (Å²) < 4.78 is 12.2. The van der Waals surface area contributed by atoms with Crippen LogP contribution in [0.2, 0.25) is 5.02 Å². The van der Waals surface area contributed by atoms with Crippen LogP contribution in [0.1, 0.15) is 42.7 Å². The van der Waals surface area contributed by atoms with Crippen molar-refractivity contribution >= 4 is 50.8 Å². The maximum Gasteiger partial charge on any atom is 0.412 e. The van der Waals surface area contributed by atoms with Crippen molar-refractivity contribution < 1.29 is 24.0 Å². The molecule has 0 bridgehead atoms. The molecule has 40 heavy (non-hydrogen) atoms. The molecule has 2 N–H and O–H groups in total. The lowest BCUT2D eigenvalue weighted by molar-refractivity contribution is -0.140. The Bertz CT molecular complexity index is 1760. The van der Waals surface area contributed by atoms with Crippen molar-refractivity contribution in [2.45, 2.75) is 38.2 Å². The molecular weight excluding hydrogens is 550 g/mol. The van der Waals surface area contributed by atoms with Gasteiger partial charge in [0.2, 0.25) is 0 Å². The number of nitrogens with zero attached hydrogens (tertiary/aromatic N) is 2. The summed E-state index contributed by atoms with van der Waals surface area (Å²) in [6.07, 6.45) is 1.77. The second-order valence-corrected chi connectivity index (χ2v) is 11.1. The Morgan fingerprint density at radius 1 is 1.15 bits per heavy atom. The van der Waals surface area contributed by atoms with Crippen molar-refractivity contribution in [3.8, 4) is 22.6 Å². The third kappa shape index (κ3) is 4.51. The number of hydrogen-bond donors (Lipinski definition) is 2. The smallest absolute Gasteiger partial charge is 0.412 e. The number of carboxylic acid groups (broad SMARTS) is 1. The zero-order valence-electron chi connectivity index (χ0n) is 21.6. The molecule has 10 heteroatoms. The first-order chi connectivity index (χ1) is 19.3. The van der Waals surface area contributed by atoms with Crippen molar-refractivity contribution in [2.75, 3.05) is 5.32 Å². The average molecular weight is 574 g/mol. The molecule has 0 aliphatic heterocycles. The predicted molar refractivity (Wildman–Crippen MR) is 154 cm³/mol. The summed E-state index contributed by atoms with van der Waals surface area (Å²) in [7, 11) is 0. The number of anilines is 1. The lowest BCUT2D eigenvalue weighted by Crippen LogP contribution is -2.19. The minimum Gasteiger partial charge on any atom is -0.481 e. The number of rotatable bonds is 7. The molecule has 1 amide bonds. The highest BCUT2D eigenvalue weighted by Crippen LogP contribution is 2.49. The third-order valence-corrected chi connectivity index (χ3v) is 8.61. The topological polar surface area (TPSA) is 115 Å². The molecule has 0 radical (unpaired) electrons.